The van der Waals surface area contributed by atoms with Crippen molar-refractivity contribution in [2.24, 2.45) is 0 Å². The molecule has 0 aliphatic carbocycles. The number of ether oxygens (including phenoxy) is 1. The zero-order chi connectivity index (χ0) is 27.9. The van der Waals surface area contributed by atoms with Crippen LogP contribution in [-0.4, -0.2) is 83.0 Å². The molecule has 1 aliphatic rings. The summed E-state index contributed by atoms with van der Waals surface area (Å²) in [4.78, 5) is 18.1. The summed E-state index contributed by atoms with van der Waals surface area (Å²) >= 11 is 0. The number of benzene rings is 2. The van der Waals surface area contributed by atoms with Crippen LogP contribution in [0.15, 0.2) is 48.5 Å². The first-order valence-electron chi connectivity index (χ1n) is 14.0. The molecule has 1 saturated heterocycles. The SMILES string of the molecule is CCN(CC)Cc1ccc(-n2c(C(=O)NCCN3CCOCC3)ccc2-c2cc(C(C)C)c(O)cc2O)cc1. The summed E-state index contributed by atoms with van der Waals surface area (Å²) in [6.07, 6.45) is 0. The number of phenols is 2. The van der Waals surface area contributed by atoms with Gasteiger partial charge in [-0.3, -0.25) is 14.6 Å². The summed E-state index contributed by atoms with van der Waals surface area (Å²) in [7, 11) is 0. The van der Waals surface area contributed by atoms with E-state index < -0.39 is 0 Å². The maximum absolute atomic E-state index is 13.4. The van der Waals surface area contributed by atoms with Gasteiger partial charge >= 0.3 is 0 Å². The number of nitrogens with zero attached hydrogens (tertiary/aromatic N) is 3. The molecule has 8 heteroatoms. The van der Waals surface area contributed by atoms with Crippen molar-refractivity contribution in [1.29, 1.82) is 0 Å². The predicted molar refractivity (Wildman–Crippen MR) is 155 cm³/mol. The fraction of sp³-hybridized carbons (Fsp3) is 0.452. The van der Waals surface area contributed by atoms with Crippen LogP contribution in [0.1, 0.15) is 55.2 Å². The highest BCUT2D eigenvalue weighted by Crippen LogP contribution is 2.39. The zero-order valence-corrected chi connectivity index (χ0v) is 23.6. The summed E-state index contributed by atoms with van der Waals surface area (Å²) in [5.41, 5.74) is 4.50. The third kappa shape index (κ3) is 6.82. The van der Waals surface area contributed by atoms with Crippen molar-refractivity contribution >= 4 is 5.91 Å². The van der Waals surface area contributed by atoms with E-state index in [0.717, 1.165) is 63.7 Å². The summed E-state index contributed by atoms with van der Waals surface area (Å²) in [6.45, 7) is 15.6. The Balaban J connectivity index is 1.68. The number of phenolic OH excluding ortho intramolecular Hbond substituents is 2. The van der Waals surface area contributed by atoms with Crippen molar-refractivity contribution in [3.8, 4) is 28.4 Å². The van der Waals surface area contributed by atoms with E-state index in [1.165, 1.54) is 11.6 Å². The fourth-order valence-electron chi connectivity index (χ4n) is 5.06. The maximum atomic E-state index is 13.4. The molecule has 1 amide bonds. The molecule has 2 aromatic carbocycles. The van der Waals surface area contributed by atoms with E-state index in [1.54, 1.807) is 6.07 Å². The van der Waals surface area contributed by atoms with E-state index in [2.05, 4.69) is 41.1 Å². The number of amides is 1. The molecule has 0 bridgehead atoms. The van der Waals surface area contributed by atoms with Gasteiger partial charge in [-0.05, 0) is 60.5 Å². The molecule has 39 heavy (non-hydrogen) atoms. The summed E-state index contributed by atoms with van der Waals surface area (Å²) < 4.78 is 7.31. The second kappa shape index (κ2) is 13.2. The second-order valence-electron chi connectivity index (χ2n) is 10.4. The van der Waals surface area contributed by atoms with Gasteiger partial charge < -0.3 is 24.8 Å². The van der Waals surface area contributed by atoms with E-state index in [9.17, 15) is 15.0 Å². The van der Waals surface area contributed by atoms with Crippen LogP contribution < -0.4 is 5.32 Å². The monoisotopic (exact) mass is 534 g/mol. The highest BCUT2D eigenvalue weighted by molar-refractivity contribution is 5.95. The van der Waals surface area contributed by atoms with Crippen LogP contribution in [0.5, 0.6) is 11.5 Å². The number of aromatic nitrogens is 1. The van der Waals surface area contributed by atoms with Crippen molar-refractivity contribution in [3.05, 3.63) is 65.4 Å². The van der Waals surface area contributed by atoms with Crippen molar-refractivity contribution in [1.82, 2.24) is 19.7 Å². The Bertz CT molecular complexity index is 1240. The normalized spacial score (nSPS) is 14.3. The van der Waals surface area contributed by atoms with Crippen LogP contribution in [-0.2, 0) is 11.3 Å². The summed E-state index contributed by atoms with van der Waals surface area (Å²) in [5, 5.41) is 24.3. The highest BCUT2D eigenvalue weighted by atomic mass is 16.5. The van der Waals surface area contributed by atoms with Gasteiger partial charge in [0.15, 0.2) is 0 Å². The molecular weight excluding hydrogens is 492 g/mol. The molecule has 3 aromatic rings. The number of hydrogen-bond donors (Lipinski definition) is 3. The van der Waals surface area contributed by atoms with E-state index in [1.807, 2.05) is 42.7 Å². The van der Waals surface area contributed by atoms with Gasteiger partial charge in [-0.1, -0.05) is 39.8 Å². The molecule has 0 saturated carbocycles. The number of nitrogens with one attached hydrogen (secondary N) is 1. The Morgan fingerprint density at radius 3 is 2.33 bits per heavy atom. The molecule has 1 fully saturated rings. The Hall–Kier alpha value is -3.33. The minimum absolute atomic E-state index is 0.0336. The van der Waals surface area contributed by atoms with Crippen molar-refractivity contribution < 1.29 is 19.7 Å². The van der Waals surface area contributed by atoms with Crippen LogP contribution >= 0.6 is 0 Å². The highest BCUT2D eigenvalue weighted by Gasteiger charge is 2.22. The molecule has 0 radical (unpaired) electrons. The minimum atomic E-state index is -0.177. The second-order valence-corrected chi connectivity index (χ2v) is 10.4. The van der Waals surface area contributed by atoms with Gasteiger partial charge in [0, 0.05) is 50.0 Å². The lowest BCUT2D eigenvalue weighted by molar-refractivity contribution is 0.0383. The summed E-state index contributed by atoms with van der Waals surface area (Å²) in [6, 6.07) is 15.1. The Kier molecular flexibility index (Phi) is 9.67. The number of rotatable bonds is 11. The Morgan fingerprint density at radius 1 is 1.00 bits per heavy atom. The lowest BCUT2D eigenvalue weighted by Gasteiger charge is -2.26. The van der Waals surface area contributed by atoms with E-state index in [0.29, 0.717) is 23.5 Å². The smallest absolute Gasteiger partial charge is 0.268 e. The van der Waals surface area contributed by atoms with Gasteiger partial charge in [-0.2, -0.15) is 0 Å². The molecular formula is C31H42N4O4. The van der Waals surface area contributed by atoms with E-state index in [4.69, 9.17) is 4.74 Å². The average molecular weight is 535 g/mol. The molecule has 0 atom stereocenters. The van der Waals surface area contributed by atoms with Crippen molar-refractivity contribution in [2.45, 2.75) is 40.2 Å². The predicted octanol–water partition coefficient (Wildman–Crippen LogP) is 4.58. The van der Waals surface area contributed by atoms with Crippen LogP contribution in [0.25, 0.3) is 16.9 Å². The number of hydrogen-bond acceptors (Lipinski definition) is 6. The first-order chi connectivity index (χ1) is 18.8. The lowest BCUT2D eigenvalue weighted by Crippen LogP contribution is -2.41. The fourth-order valence-corrected chi connectivity index (χ4v) is 5.06. The number of carbonyl (C=O) groups is 1. The molecule has 4 rings (SSSR count). The third-order valence-corrected chi connectivity index (χ3v) is 7.47. The van der Waals surface area contributed by atoms with Crippen LogP contribution in [0.3, 0.4) is 0 Å². The molecule has 0 spiro atoms. The number of morpholine rings is 1. The van der Waals surface area contributed by atoms with Gasteiger partial charge in [0.2, 0.25) is 0 Å². The van der Waals surface area contributed by atoms with Gasteiger partial charge in [0.05, 0.1) is 18.9 Å². The standard InChI is InChI=1S/C31H42N4O4/c1-5-33(6-2)21-23-7-9-24(10-8-23)35-27(26-19-25(22(3)4)29(36)20-30(26)37)11-12-28(35)31(38)32-13-14-34-15-17-39-18-16-34/h7-12,19-20,22,36-37H,5-6,13-18,21H2,1-4H3,(H,32,38). The third-order valence-electron chi connectivity index (χ3n) is 7.47. The molecule has 8 nitrogen and oxygen atoms in total. The number of aromatic hydroxyl groups is 2. The molecule has 3 N–H and O–H groups in total. The van der Waals surface area contributed by atoms with Gasteiger partial charge in [0.1, 0.15) is 17.2 Å². The van der Waals surface area contributed by atoms with Gasteiger partial charge in [0.25, 0.3) is 5.91 Å². The van der Waals surface area contributed by atoms with Crippen molar-refractivity contribution in [2.75, 3.05) is 52.5 Å². The largest absolute Gasteiger partial charge is 0.508 e. The molecule has 2 heterocycles. The van der Waals surface area contributed by atoms with E-state index in [-0.39, 0.29) is 23.3 Å². The van der Waals surface area contributed by atoms with Gasteiger partial charge in [-0.15, -0.1) is 0 Å². The quantitative estimate of drug-likeness (QED) is 0.334. The molecule has 210 valence electrons. The average Bonchev–Trinajstić information content (AvgIpc) is 3.37. The van der Waals surface area contributed by atoms with Crippen LogP contribution in [0.4, 0.5) is 0 Å². The van der Waals surface area contributed by atoms with Gasteiger partial charge in [-0.25, -0.2) is 0 Å². The Labute approximate surface area is 231 Å². The lowest BCUT2D eigenvalue weighted by atomic mass is 9.97. The first-order valence-corrected chi connectivity index (χ1v) is 14.0. The zero-order valence-electron chi connectivity index (χ0n) is 23.6. The summed E-state index contributed by atoms with van der Waals surface area (Å²) in [5.74, 6) is -0.0842. The topological polar surface area (TPSA) is 90.2 Å². The van der Waals surface area contributed by atoms with Crippen LogP contribution in [0.2, 0.25) is 0 Å². The molecule has 1 aliphatic heterocycles. The van der Waals surface area contributed by atoms with E-state index >= 15 is 0 Å². The van der Waals surface area contributed by atoms with Crippen LogP contribution in [0, 0.1) is 0 Å². The number of carbonyl (C=O) groups excluding carboxylic acids is 1. The molecule has 1 aromatic heterocycles. The molecule has 0 unspecified atom stereocenters. The Morgan fingerprint density at radius 2 is 1.69 bits per heavy atom. The van der Waals surface area contributed by atoms with Crippen molar-refractivity contribution in [3.63, 3.8) is 0 Å². The minimum Gasteiger partial charge on any atom is -0.508 e. The maximum Gasteiger partial charge on any atom is 0.268 e. The first kappa shape index (κ1) is 28.7.